The topological polar surface area (TPSA) is 38.8 Å². The number of amides is 1. The molecule has 1 amide bonds. The SMILES string of the molecule is CC(C)(C)[Si](C)(C)OCCCC(=O)N1CCOCC1. The van der Waals surface area contributed by atoms with Gasteiger partial charge in [0.05, 0.1) is 13.2 Å². The summed E-state index contributed by atoms with van der Waals surface area (Å²) in [4.78, 5) is 13.8. The lowest BCUT2D eigenvalue weighted by molar-refractivity contribution is -0.135. The Hall–Kier alpha value is -0.393. The monoisotopic (exact) mass is 287 g/mol. The molecule has 0 bridgehead atoms. The van der Waals surface area contributed by atoms with Crippen LogP contribution in [0, 0.1) is 0 Å². The van der Waals surface area contributed by atoms with Crippen LogP contribution in [0.1, 0.15) is 33.6 Å². The number of rotatable bonds is 5. The van der Waals surface area contributed by atoms with E-state index in [4.69, 9.17) is 9.16 Å². The van der Waals surface area contributed by atoms with Gasteiger partial charge in [-0.3, -0.25) is 4.79 Å². The summed E-state index contributed by atoms with van der Waals surface area (Å²) in [5.74, 6) is 0.238. The van der Waals surface area contributed by atoms with Gasteiger partial charge in [0.15, 0.2) is 8.32 Å². The Morgan fingerprint density at radius 1 is 1.26 bits per heavy atom. The first-order chi connectivity index (χ1) is 8.74. The van der Waals surface area contributed by atoms with Crippen molar-refractivity contribution in [2.24, 2.45) is 0 Å². The van der Waals surface area contributed by atoms with Crippen LogP contribution < -0.4 is 0 Å². The normalized spacial score (nSPS) is 17.6. The number of nitrogens with zero attached hydrogens (tertiary/aromatic N) is 1. The molecule has 1 rings (SSSR count). The molecule has 112 valence electrons. The highest BCUT2D eigenvalue weighted by Crippen LogP contribution is 2.36. The maximum absolute atomic E-state index is 11.9. The van der Waals surface area contributed by atoms with E-state index < -0.39 is 8.32 Å². The Balaban J connectivity index is 2.21. The molecule has 0 unspecified atom stereocenters. The molecule has 0 radical (unpaired) electrons. The van der Waals surface area contributed by atoms with E-state index in [1.54, 1.807) is 0 Å². The largest absolute Gasteiger partial charge is 0.417 e. The van der Waals surface area contributed by atoms with E-state index in [9.17, 15) is 4.79 Å². The van der Waals surface area contributed by atoms with Gasteiger partial charge in [0.25, 0.3) is 0 Å². The van der Waals surface area contributed by atoms with Gasteiger partial charge in [0, 0.05) is 26.1 Å². The van der Waals surface area contributed by atoms with E-state index in [1.165, 1.54) is 0 Å². The number of ether oxygens (including phenoxy) is 1. The van der Waals surface area contributed by atoms with E-state index in [1.807, 2.05) is 4.90 Å². The number of hydrogen-bond donors (Lipinski definition) is 0. The molecular weight excluding hydrogens is 258 g/mol. The first-order valence-corrected chi connectivity index (χ1v) is 10.1. The first kappa shape index (κ1) is 16.7. The van der Waals surface area contributed by atoms with Crippen LogP contribution in [0.4, 0.5) is 0 Å². The Labute approximate surface area is 118 Å². The lowest BCUT2D eigenvalue weighted by Crippen LogP contribution is -2.42. The average Bonchev–Trinajstić information content (AvgIpc) is 2.34. The molecule has 0 aromatic heterocycles. The van der Waals surface area contributed by atoms with Gasteiger partial charge in [-0.25, -0.2) is 0 Å². The van der Waals surface area contributed by atoms with E-state index in [0.717, 1.165) is 19.5 Å². The molecule has 0 N–H and O–H groups in total. The Morgan fingerprint density at radius 2 is 1.84 bits per heavy atom. The quantitative estimate of drug-likeness (QED) is 0.576. The summed E-state index contributed by atoms with van der Waals surface area (Å²) in [6.45, 7) is 14.7. The molecule has 0 aromatic carbocycles. The molecule has 0 saturated carbocycles. The smallest absolute Gasteiger partial charge is 0.222 e. The van der Waals surface area contributed by atoms with Crippen LogP contribution in [0.3, 0.4) is 0 Å². The van der Waals surface area contributed by atoms with Crippen molar-refractivity contribution < 1.29 is 14.0 Å². The number of carbonyl (C=O) groups excluding carboxylic acids is 1. The van der Waals surface area contributed by atoms with Crippen LogP contribution >= 0.6 is 0 Å². The molecule has 1 saturated heterocycles. The van der Waals surface area contributed by atoms with E-state index in [2.05, 4.69) is 33.9 Å². The van der Waals surface area contributed by atoms with Crippen molar-refractivity contribution in [3.63, 3.8) is 0 Å². The van der Waals surface area contributed by atoms with E-state index in [0.29, 0.717) is 26.2 Å². The third-order valence-corrected chi connectivity index (χ3v) is 8.71. The van der Waals surface area contributed by atoms with Crippen molar-refractivity contribution >= 4 is 14.2 Å². The van der Waals surface area contributed by atoms with Gasteiger partial charge >= 0.3 is 0 Å². The standard InChI is InChI=1S/C14H29NO3Si/c1-14(2,3)19(4,5)18-10-6-7-13(16)15-8-11-17-12-9-15/h6-12H2,1-5H3. The van der Waals surface area contributed by atoms with Gasteiger partial charge in [-0.1, -0.05) is 20.8 Å². The summed E-state index contributed by atoms with van der Waals surface area (Å²) in [6, 6.07) is 0. The van der Waals surface area contributed by atoms with E-state index >= 15 is 0 Å². The molecule has 4 nitrogen and oxygen atoms in total. The average molecular weight is 287 g/mol. The molecule has 0 aromatic rings. The van der Waals surface area contributed by atoms with Gasteiger partial charge in [-0.2, -0.15) is 0 Å². The number of carbonyl (C=O) groups is 1. The fourth-order valence-corrected chi connectivity index (χ4v) is 2.83. The third-order valence-electron chi connectivity index (χ3n) is 4.17. The van der Waals surface area contributed by atoms with Crippen LogP contribution in [-0.4, -0.2) is 52.0 Å². The van der Waals surface area contributed by atoms with Gasteiger partial charge in [-0.15, -0.1) is 0 Å². The second-order valence-corrected chi connectivity index (χ2v) is 11.5. The van der Waals surface area contributed by atoms with Crippen LogP contribution in [0.15, 0.2) is 0 Å². The summed E-state index contributed by atoms with van der Waals surface area (Å²) < 4.78 is 11.3. The minimum atomic E-state index is -1.66. The Bertz CT molecular complexity index is 294. The summed E-state index contributed by atoms with van der Waals surface area (Å²) in [7, 11) is -1.66. The van der Waals surface area contributed by atoms with Crippen molar-refractivity contribution in [2.75, 3.05) is 32.9 Å². The van der Waals surface area contributed by atoms with Crippen LogP contribution in [-0.2, 0) is 14.0 Å². The molecule has 5 heteroatoms. The summed E-state index contributed by atoms with van der Waals surface area (Å²) in [6.07, 6.45) is 1.41. The lowest BCUT2D eigenvalue weighted by Gasteiger charge is -2.36. The van der Waals surface area contributed by atoms with Crippen LogP contribution in [0.25, 0.3) is 0 Å². The molecule has 0 aliphatic carbocycles. The minimum Gasteiger partial charge on any atom is -0.417 e. The zero-order chi connectivity index (χ0) is 14.5. The molecule has 0 atom stereocenters. The maximum atomic E-state index is 11.9. The highest BCUT2D eigenvalue weighted by atomic mass is 28.4. The summed E-state index contributed by atoms with van der Waals surface area (Å²) in [5, 5.41) is 0.237. The van der Waals surface area contributed by atoms with Crippen molar-refractivity contribution in [3.05, 3.63) is 0 Å². The fraction of sp³-hybridized carbons (Fsp3) is 0.929. The molecule has 0 spiro atoms. The fourth-order valence-electron chi connectivity index (χ4n) is 1.74. The van der Waals surface area contributed by atoms with Gasteiger partial charge in [-0.05, 0) is 24.6 Å². The molecule has 1 fully saturated rings. The second kappa shape index (κ2) is 6.86. The van der Waals surface area contributed by atoms with Crippen molar-refractivity contribution in [2.45, 2.75) is 51.7 Å². The van der Waals surface area contributed by atoms with Crippen molar-refractivity contribution in [1.82, 2.24) is 4.90 Å². The molecule has 19 heavy (non-hydrogen) atoms. The summed E-state index contributed by atoms with van der Waals surface area (Å²) in [5.41, 5.74) is 0. The minimum absolute atomic E-state index is 0.237. The predicted molar refractivity (Wildman–Crippen MR) is 79.8 cm³/mol. The molecular formula is C14H29NO3Si. The second-order valence-electron chi connectivity index (χ2n) is 6.71. The van der Waals surface area contributed by atoms with Gasteiger partial charge in [0.2, 0.25) is 5.91 Å². The van der Waals surface area contributed by atoms with Crippen LogP contribution in [0.5, 0.6) is 0 Å². The Kier molecular flexibility index (Phi) is 6.01. The highest BCUT2D eigenvalue weighted by molar-refractivity contribution is 6.74. The lowest BCUT2D eigenvalue weighted by atomic mass is 10.2. The predicted octanol–water partition coefficient (Wildman–Crippen LogP) is 2.65. The van der Waals surface area contributed by atoms with Crippen molar-refractivity contribution in [1.29, 1.82) is 0 Å². The maximum Gasteiger partial charge on any atom is 0.222 e. The molecule has 1 aliphatic rings. The highest BCUT2D eigenvalue weighted by Gasteiger charge is 2.36. The van der Waals surface area contributed by atoms with E-state index in [-0.39, 0.29) is 10.9 Å². The third kappa shape index (κ3) is 5.24. The molecule has 1 aliphatic heterocycles. The number of morpholine rings is 1. The van der Waals surface area contributed by atoms with Crippen molar-refractivity contribution in [3.8, 4) is 0 Å². The Morgan fingerprint density at radius 3 is 2.37 bits per heavy atom. The first-order valence-electron chi connectivity index (χ1n) is 7.23. The number of hydrogen-bond acceptors (Lipinski definition) is 3. The van der Waals surface area contributed by atoms with Gasteiger partial charge in [0.1, 0.15) is 0 Å². The zero-order valence-electron chi connectivity index (χ0n) is 13.1. The molecule has 1 heterocycles. The summed E-state index contributed by atoms with van der Waals surface area (Å²) >= 11 is 0. The van der Waals surface area contributed by atoms with Gasteiger partial charge < -0.3 is 14.1 Å². The zero-order valence-corrected chi connectivity index (χ0v) is 14.1. The van der Waals surface area contributed by atoms with Crippen LogP contribution in [0.2, 0.25) is 18.1 Å².